The van der Waals surface area contributed by atoms with Crippen LogP contribution in [-0.2, 0) is 16.1 Å². The number of nitrogens with one attached hydrogen (secondary N) is 1. The zero-order valence-corrected chi connectivity index (χ0v) is 20.5. The minimum Gasteiger partial charge on any atom is -0.458 e. The first-order valence-corrected chi connectivity index (χ1v) is 12.0. The Bertz CT molecular complexity index is 1080. The van der Waals surface area contributed by atoms with Crippen molar-refractivity contribution in [3.05, 3.63) is 53.4 Å². The van der Waals surface area contributed by atoms with Crippen LogP contribution >= 0.6 is 11.6 Å². The van der Waals surface area contributed by atoms with Crippen molar-refractivity contribution < 1.29 is 19.4 Å². The Morgan fingerprint density at radius 2 is 2.06 bits per heavy atom. The maximum absolute atomic E-state index is 13.3. The molecule has 2 heterocycles. The van der Waals surface area contributed by atoms with E-state index in [1.807, 2.05) is 0 Å². The second-order valence-corrected chi connectivity index (χ2v) is 10.4. The van der Waals surface area contributed by atoms with Crippen molar-refractivity contribution >= 4 is 29.2 Å². The average molecular weight is 487 g/mol. The predicted octanol–water partition coefficient (Wildman–Crippen LogP) is 3.86. The summed E-state index contributed by atoms with van der Waals surface area (Å²) >= 11 is 6.19. The Hall–Kier alpha value is -2.84. The Labute approximate surface area is 204 Å². The number of benzene rings is 1. The lowest BCUT2D eigenvalue weighted by Gasteiger charge is -2.37. The van der Waals surface area contributed by atoms with E-state index in [4.69, 9.17) is 16.3 Å². The monoisotopic (exact) mass is 486 g/mol. The fraction of sp³-hybridized carbons (Fsp3) is 0.480. The summed E-state index contributed by atoms with van der Waals surface area (Å²) in [6.07, 6.45) is 5.80. The molecule has 4 rings (SSSR count). The van der Waals surface area contributed by atoms with Crippen molar-refractivity contribution in [2.24, 2.45) is 11.8 Å². The van der Waals surface area contributed by atoms with Crippen molar-refractivity contribution in [2.45, 2.75) is 58.2 Å². The quantitative estimate of drug-likeness (QED) is 0.561. The normalized spacial score (nSPS) is 21.1. The van der Waals surface area contributed by atoms with Crippen LogP contribution in [0.5, 0.6) is 5.75 Å². The molecule has 0 bridgehead atoms. The van der Waals surface area contributed by atoms with E-state index in [1.165, 1.54) is 6.08 Å². The van der Waals surface area contributed by atoms with Gasteiger partial charge in [-0.15, -0.1) is 0 Å². The third-order valence-corrected chi connectivity index (χ3v) is 6.43. The molecule has 182 valence electrons. The van der Waals surface area contributed by atoms with Crippen LogP contribution in [0.2, 0.25) is 5.02 Å². The average Bonchev–Trinajstić information content (AvgIpc) is 3.30. The smallest absolute Gasteiger partial charge is 0.251 e. The molecule has 1 saturated carbocycles. The van der Waals surface area contributed by atoms with Crippen LogP contribution < -0.4 is 10.1 Å². The highest BCUT2D eigenvalue weighted by Crippen LogP contribution is 2.38. The molecule has 9 heteroatoms. The van der Waals surface area contributed by atoms with Crippen LogP contribution in [-0.4, -0.2) is 49.8 Å². The molecule has 34 heavy (non-hydrogen) atoms. The number of aromatic nitrogens is 2. The Morgan fingerprint density at radius 1 is 1.32 bits per heavy atom. The number of amides is 2. The molecule has 1 fully saturated rings. The van der Waals surface area contributed by atoms with E-state index in [9.17, 15) is 14.7 Å². The van der Waals surface area contributed by atoms with Crippen molar-refractivity contribution in [3.8, 4) is 5.75 Å². The van der Waals surface area contributed by atoms with Gasteiger partial charge in [-0.2, -0.15) is 5.10 Å². The number of para-hydroxylation sites is 1. The second kappa shape index (κ2) is 9.80. The van der Waals surface area contributed by atoms with Gasteiger partial charge in [0, 0.05) is 18.3 Å². The fourth-order valence-corrected chi connectivity index (χ4v) is 4.76. The number of halogens is 1. The SMILES string of the molecule is CC(C)(O)Cn1ccc(NC(=O)C(C[C@H]2C[C@@H](C)C2)N2CC(Oc3ccccc3Cl)=CC2=O)n1. The summed E-state index contributed by atoms with van der Waals surface area (Å²) in [5.74, 6) is 1.78. The van der Waals surface area contributed by atoms with Gasteiger partial charge in [-0.1, -0.05) is 30.7 Å². The fourth-order valence-electron chi connectivity index (χ4n) is 4.58. The van der Waals surface area contributed by atoms with Gasteiger partial charge in [-0.3, -0.25) is 14.3 Å². The minimum atomic E-state index is -0.928. The number of anilines is 1. The van der Waals surface area contributed by atoms with Gasteiger partial charge >= 0.3 is 0 Å². The largest absolute Gasteiger partial charge is 0.458 e. The molecular formula is C25H31ClN4O4. The lowest BCUT2D eigenvalue weighted by Crippen LogP contribution is -2.47. The van der Waals surface area contributed by atoms with E-state index >= 15 is 0 Å². The van der Waals surface area contributed by atoms with Gasteiger partial charge in [-0.05, 0) is 57.1 Å². The number of carbonyl (C=O) groups is 2. The number of hydrogen-bond donors (Lipinski definition) is 2. The third-order valence-electron chi connectivity index (χ3n) is 6.12. The van der Waals surface area contributed by atoms with Crippen molar-refractivity contribution in [3.63, 3.8) is 0 Å². The molecule has 1 aromatic carbocycles. The standard InChI is InChI=1S/C25H31ClN4O4/c1-16-10-17(11-16)12-20(24(32)27-22-8-9-29(28-22)15-25(2,3)33)30-14-18(13-23(30)31)34-21-7-5-4-6-19(21)26/h4-9,13,16-17,20,33H,10-12,14-15H2,1-3H3,(H,27,28,32)/t16-,17+,20?. The molecule has 2 aliphatic rings. The first-order chi connectivity index (χ1) is 16.1. The minimum absolute atomic E-state index is 0.192. The molecule has 1 aliphatic carbocycles. The molecule has 0 spiro atoms. The van der Waals surface area contributed by atoms with Crippen molar-refractivity contribution in [1.82, 2.24) is 14.7 Å². The molecule has 1 aliphatic heterocycles. The molecule has 2 aromatic rings. The van der Waals surface area contributed by atoms with E-state index in [0.717, 1.165) is 12.8 Å². The highest BCUT2D eigenvalue weighted by molar-refractivity contribution is 6.32. The van der Waals surface area contributed by atoms with E-state index in [-0.39, 0.29) is 18.4 Å². The first-order valence-electron chi connectivity index (χ1n) is 11.6. The van der Waals surface area contributed by atoms with Gasteiger partial charge in [0.25, 0.3) is 5.91 Å². The first kappa shape index (κ1) is 24.3. The molecule has 2 amide bonds. The molecule has 1 atom stereocenters. The van der Waals surface area contributed by atoms with Gasteiger partial charge in [0.2, 0.25) is 5.91 Å². The van der Waals surface area contributed by atoms with Gasteiger partial charge in [-0.25, -0.2) is 0 Å². The van der Waals surface area contributed by atoms with Gasteiger partial charge in [0.05, 0.1) is 23.7 Å². The predicted molar refractivity (Wildman–Crippen MR) is 129 cm³/mol. The Morgan fingerprint density at radius 3 is 2.74 bits per heavy atom. The zero-order chi connectivity index (χ0) is 24.5. The summed E-state index contributed by atoms with van der Waals surface area (Å²) in [6.45, 7) is 6.06. The highest BCUT2D eigenvalue weighted by atomic mass is 35.5. The molecule has 2 N–H and O–H groups in total. The summed E-state index contributed by atoms with van der Waals surface area (Å²) in [5.41, 5.74) is -0.928. The summed E-state index contributed by atoms with van der Waals surface area (Å²) < 4.78 is 7.44. The maximum atomic E-state index is 13.3. The summed E-state index contributed by atoms with van der Waals surface area (Å²) in [7, 11) is 0. The van der Waals surface area contributed by atoms with Crippen LogP contribution in [0.15, 0.2) is 48.4 Å². The third kappa shape index (κ3) is 5.98. The van der Waals surface area contributed by atoms with Gasteiger partial charge in [0.1, 0.15) is 17.6 Å². The number of nitrogens with zero attached hydrogens (tertiary/aromatic N) is 3. The summed E-state index contributed by atoms with van der Waals surface area (Å²) in [4.78, 5) is 27.8. The summed E-state index contributed by atoms with van der Waals surface area (Å²) in [6, 6.07) is 8.10. The number of aliphatic hydroxyl groups is 1. The van der Waals surface area contributed by atoms with Gasteiger partial charge in [0.15, 0.2) is 5.82 Å². The van der Waals surface area contributed by atoms with E-state index < -0.39 is 11.6 Å². The number of carbonyl (C=O) groups excluding carboxylic acids is 2. The Kier molecular flexibility index (Phi) is 7.00. The van der Waals surface area contributed by atoms with Crippen LogP contribution in [0, 0.1) is 11.8 Å². The number of rotatable bonds is 9. The van der Waals surface area contributed by atoms with Crippen molar-refractivity contribution in [2.75, 3.05) is 11.9 Å². The second-order valence-electron chi connectivity index (χ2n) is 10.0. The highest BCUT2D eigenvalue weighted by Gasteiger charge is 2.38. The molecule has 8 nitrogen and oxygen atoms in total. The lowest BCUT2D eigenvalue weighted by molar-refractivity contribution is -0.134. The van der Waals surface area contributed by atoms with Crippen molar-refractivity contribution in [1.29, 1.82) is 0 Å². The number of hydrogen-bond acceptors (Lipinski definition) is 5. The van der Waals surface area contributed by atoms with Gasteiger partial charge < -0.3 is 20.1 Å². The van der Waals surface area contributed by atoms with E-state index in [0.29, 0.717) is 47.2 Å². The molecule has 1 unspecified atom stereocenters. The molecule has 1 aromatic heterocycles. The molecule has 0 saturated heterocycles. The topological polar surface area (TPSA) is 96.7 Å². The van der Waals surface area contributed by atoms with Crippen LogP contribution in [0.1, 0.15) is 40.0 Å². The molecular weight excluding hydrogens is 456 g/mol. The molecule has 0 radical (unpaired) electrons. The maximum Gasteiger partial charge on any atom is 0.251 e. The van der Waals surface area contributed by atoms with E-state index in [2.05, 4.69) is 17.3 Å². The Balaban J connectivity index is 1.46. The lowest BCUT2D eigenvalue weighted by atomic mass is 9.73. The summed E-state index contributed by atoms with van der Waals surface area (Å²) in [5, 5.41) is 17.7. The van der Waals surface area contributed by atoms with Crippen LogP contribution in [0.4, 0.5) is 5.82 Å². The number of ether oxygens (including phenoxy) is 1. The van der Waals surface area contributed by atoms with Crippen LogP contribution in [0.3, 0.4) is 0 Å². The zero-order valence-electron chi connectivity index (χ0n) is 19.7. The van der Waals surface area contributed by atoms with Crippen LogP contribution in [0.25, 0.3) is 0 Å². The van der Waals surface area contributed by atoms with E-state index in [1.54, 1.807) is 60.0 Å².